The molecule has 0 bridgehead atoms. The van der Waals surface area contributed by atoms with Gasteiger partial charge in [0.15, 0.2) is 11.8 Å². The molecule has 9 nitrogen and oxygen atoms in total. The predicted molar refractivity (Wildman–Crippen MR) is 106 cm³/mol. The van der Waals surface area contributed by atoms with Gasteiger partial charge in [0, 0.05) is 39.0 Å². The Morgan fingerprint density at radius 3 is 3.00 bits per heavy atom. The molecule has 0 spiro atoms. The summed E-state index contributed by atoms with van der Waals surface area (Å²) in [6, 6.07) is 3.52. The molecule has 0 aliphatic carbocycles. The van der Waals surface area contributed by atoms with E-state index in [2.05, 4.69) is 37.4 Å². The fourth-order valence-electron chi connectivity index (χ4n) is 2.87. The molecule has 0 saturated carbocycles. The molecule has 0 saturated heterocycles. The third-order valence-corrected chi connectivity index (χ3v) is 7.11. The first-order chi connectivity index (χ1) is 13.0. The number of hydrogen-bond acceptors (Lipinski definition) is 6. The minimum atomic E-state index is -3.43. The van der Waals surface area contributed by atoms with Crippen LogP contribution < -0.4 is 15.4 Å². The van der Waals surface area contributed by atoms with Gasteiger partial charge in [-0.15, -0.1) is 11.3 Å². The molecule has 2 aromatic heterocycles. The third kappa shape index (κ3) is 5.05. The van der Waals surface area contributed by atoms with E-state index in [1.807, 2.05) is 4.68 Å². The van der Waals surface area contributed by atoms with Crippen molar-refractivity contribution in [1.82, 2.24) is 30.1 Å². The van der Waals surface area contributed by atoms with E-state index in [0.717, 1.165) is 37.5 Å². The van der Waals surface area contributed by atoms with E-state index >= 15 is 0 Å². The van der Waals surface area contributed by atoms with E-state index in [0.29, 0.717) is 16.7 Å². The molecular weight excluding hydrogens is 386 g/mol. The van der Waals surface area contributed by atoms with Crippen molar-refractivity contribution in [2.24, 2.45) is 4.99 Å². The van der Waals surface area contributed by atoms with Gasteiger partial charge in [0.25, 0.3) is 0 Å². The second-order valence-electron chi connectivity index (χ2n) is 6.19. The summed E-state index contributed by atoms with van der Waals surface area (Å²) in [6.45, 7) is 3.51. The fraction of sp³-hybridized carbons (Fsp3) is 0.562. The van der Waals surface area contributed by atoms with Crippen LogP contribution in [0, 0.1) is 0 Å². The Morgan fingerprint density at radius 2 is 2.30 bits per heavy atom. The molecule has 3 rings (SSSR count). The Bertz CT molecular complexity index is 875. The van der Waals surface area contributed by atoms with Gasteiger partial charge in [-0.05, 0) is 17.9 Å². The van der Waals surface area contributed by atoms with Gasteiger partial charge < -0.3 is 10.6 Å². The zero-order valence-corrected chi connectivity index (χ0v) is 17.1. The number of aromatic nitrogens is 3. The molecule has 0 aromatic carbocycles. The van der Waals surface area contributed by atoms with Crippen molar-refractivity contribution >= 4 is 27.3 Å². The minimum absolute atomic E-state index is 0.206. The first-order valence-corrected chi connectivity index (χ1v) is 11.3. The van der Waals surface area contributed by atoms with Crippen molar-refractivity contribution in [2.75, 3.05) is 20.1 Å². The Kier molecular flexibility index (Phi) is 6.45. The first-order valence-electron chi connectivity index (χ1n) is 8.94. The summed E-state index contributed by atoms with van der Waals surface area (Å²) in [5.41, 5.74) is 0. The number of thiophene rings is 1. The predicted octanol–water partition coefficient (Wildman–Crippen LogP) is 0.360. The van der Waals surface area contributed by atoms with Crippen molar-refractivity contribution in [3.8, 4) is 0 Å². The number of nitrogens with one attached hydrogen (secondary N) is 3. The van der Waals surface area contributed by atoms with Crippen molar-refractivity contribution in [2.45, 2.75) is 43.0 Å². The minimum Gasteiger partial charge on any atom is -0.355 e. The molecule has 11 heteroatoms. The largest absolute Gasteiger partial charge is 0.355 e. The van der Waals surface area contributed by atoms with Crippen LogP contribution in [0.5, 0.6) is 0 Å². The normalized spacial score (nSPS) is 17.6. The number of aliphatic imine (C=N–C) groups is 1. The van der Waals surface area contributed by atoms with Crippen LogP contribution in [0.4, 0.5) is 0 Å². The second-order valence-corrected chi connectivity index (χ2v) is 9.13. The zero-order chi connectivity index (χ0) is 19.3. The van der Waals surface area contributed by atoms with Gasteiger partial charge >= 0.3 is 0 Å². The lowest BCUT2D eigenvalue weighted by Crippen LogP contribution is -2.48. The Balaban J connectivity index is 1.45. The monoisotopic (exact) mass is 411 g/mol. The van der Waals surface area contributed by atoms with Crippen molar-refractivity contribution in [3.05, 3.63) is 29.2 Å². The molecule has 0 amide bonds. The number of fused-ring (bicyclic) bond motifs is 1. The highest BCUT2D eigenvalue weighted by atomic mass is 32.2. The zero-order valence-electron chi connectivity index (χ0n) is 15.5. The van der Waals surface area contributed by atoms with Gasteiger partial charge in [-0.25, -0.2) is 22.8 Å². The molecule has 1 aliphatic rings. The average Bonchev–Trinajstić information content (AvgIpc) is 3.33. The summed E-state index contributed by atoms with van der Waals surface area (Å²) in [6.07, 6.45) is 2.67. The highest BCUT2D eigenvalue weighted by molar-refractivity contribution is 7.91. The maximum atomic E-state index is 12.1. The Labute approximate surface area is 163 Å². The van der Waals surface area contributed by atoms with Crippen molar-refractivity contribution < 1.29 is 8.42 Å². The van der Waals surface area contributed by atoms with Gasteiger partial charge in [-0.2, -0.15) is 5.10 Å². The van der Waals surface area contributed by atoms with E-state index in [1.54, 1.807) is 24.6 Å². The quantitative estimate of drug-likeness (QED) is 0.344. The highest BCUT2D eigenvalue weighted by Crippen LogP contribution is 2.15. The van der Waals surface area contributed by atoms with E-state index in [9.17, 15) is 8.42 Å². The maximum absolute atomic E-state index is 12.1. The van der Waals surface area contributed by atoms with E-state index in [1.165, 1.54) is 11.3 Å². The summed E-state index contributed by atoms with van der Waals surface area (Å²) in [5.74, 6) is 2.57. The van der Waals surface area contributed by atoms with Crippen molar-refractivity contribution in [3.63, 3.8) is 0 Å². The van der Waals surface area contributed by atoms with Crippen LogP contribution >= 0.6 is 11.3 Å². The fourth-order valence-corrected chi connectivity index (χ4v) is 4.94. The summed E-state index contributed by atoms with van der Waals surface area (Å²) in [4.78, 5) is 8.74. The lowest BCUT2D eigenvalue weighted by atomic mass is 10.1. The summed E-state index contributed by atoms with van der Waals surface area (Å²) in [7, 11) is -1.73. The standard InChI is InChI=1S/C16H25N7O2S2/c1-3-13-21-14-7-6-12(11-23(14)22-13)20-16(17-2)18-8-9-19-27(24,25)15-5-4-10-26-15/h4-5,10,12,19H,3,6-9,11H2,1-2H3,(H2,17,18,20). The van der Waals surface area contributed by atoms with Crippen LogP contribution in [0.25, 0.3) is 0 Å². The molecular formula is C16H25N7O2S2. The SMILES string of the molecule is CCc1nc2n(n1)CC(NC(=NC)NCCNS(=O)(=O)c1cccs1)CC2. The Morgan fingerprint density at radius 1 is 1.44 bits per heavy atom. The summed E-state index contributed by atoms with van der Waals surface area (Å²) < 4.78 is 29.0. The lowest BCUT2D eigenvalue weighted by molar-refractivity contribution is 0.392. The molecule has 3 heterocycles. The number of guanidine groups is 1. The second kappa shape index (κ2) is 8.81. The van der Waals surface area contributed by atoms with Crippen LogP contribution in [-0.2, 0) is 29.4 Å². The third-order valence-electron chi connectivity index (χ3n) is 4.25. The molecule has 0 radical (unpaired) electrons. The molecule has 1 unspecified atom stereocenters. The van der Waals surface area contributed by atoms with Crippen LogP contribution in [0.2, 0.25) is 0 Å². The molecule has 1 aliphatic heterocycles. The molecule has 2 aromatic rings. The van der Waals surface area contributed by atoms with Gasteiger partial charge in [-0.3, -0.25) is 4.99 Å². The smallest absolute Gasteiger partial charge is 0.250 e. The van der Waals surface area contributed by atoms with Gasteiger partial charge in [-0.1, -0.05) is 13.0 Å². The lowest BCUT2D eigenvalue weighted by Gasteiger charge is -2.25. The topological polar surface area (TPSA) is 113 Å². The van der Waals surface area contributed by atoms with Crippen LogP contribution in [-0.4, -0.2) is 55.3 Å². The average molecular weight is 412 g/mol. The van der Waals surface area contributed by atoms with Crippen LogP contribution in [0.3, 0.4) is 0 Å². The van der Waals surface area contributed by atoms with Crippen LogP contribution in [0.15, 0.2) is 26.7 Å². The van der Waals surface area contributed by atoms with E-state index in [-0.39, 0.29) is 12.6 Å². The van der Waals surface area contributed by atoms with Gasteiger partial charge in [0.2, 0.25) is 10.0 Å². The number of rotatable bonds is 7. The number of hydrogen-bond donors (Lipinski definition) is 3. The van der Waals surface area contributed by atoms with Gasteiger partial charge in [0.05, 0.1) is 6.54 Å². The Hall–Kier alpha value is -1.98. The number of sulfonamides is 1. The van der Waals surface area contributed by atoms with E-state index < -0.39 is 10.0 Å². The van der Waals surface area contributed by atoms with Gasteiger partial charge in [0.1, 0.15) is 10.0 Å². The summed E-state index contributed by atoms with van der Waals surface area (Å²) in [5, 5.41) is 12.8. The molecule has 148 valence electrons. The number of aryl methyl sites for hydroxylation is 2. The molecule has 3 N–H and O–H groups in total. The first kappa shape index (κ1) is 19.8. The van der Waals surface area contributed by atoms with E-state index in [4.69, 9.17) is 0 Å². The maximum Gasteiger partial charge on any atom is 0.250 e. The van der Waals surface area contributed by atoms with Crippen LogP contribution in [0.1, 0.15) is 25.0 Å². The van der Waals surface area contributed by atoms with Crippen molar-refractivity contribution in [1.29, 1.82) is 0 Å². The number of nitrogens with zero attached hydrogens (tertiary/aromatic N) is 4. The molecule has 1 atom stereocenters. The summed E-state index contributed by atoms with van der Waals surface area (Å²) >= 11 is 1.20. The molecule has 27 heavy (non-hydrogen) atoms. The molecule has 0 fully saturated rings. The highest BCUT2D eigenvalue weighted by Gasteiger charge is 2.22.